The third-order valence-electron chi connectivity index (χ3n) is 1.76. The van der Waals surface area contributed by atoms with Crippen LogP contribution in [0, 0.1) is 6.92 Å². The number of fused-ring (bicyclic) bond motifs is 1. The highest BCUT2D eigenvalue weighted by molar-refractivity contribution is 9.10. The Morgan fingerprint density at radius 3 is 2.92 bits per heavy atom. The first-order chi connectivity index (χ1) is 5.70. The minimum absolute atomic E-state index is 0.211. The van der Waals surface area contributed by atoms with Crippen molar-refractivity contribution in [2.24, 2.45) is 0 Å². The summed E-state index contributed by atoms with van der Waals surface area (Å²) in [6, 6.07) is 5.31. The molecule has 0 fully saturated rings. The van der Waals surface area contributed by atoms with Crippen LogP contribution in [-0.4, -0.2) is 14.5 Å². The normalized spacial score (nSPS) is 10.8. The molecule has 12 heavy (non-hydrogen) atoms. The fourth-order valence-corrected chi connectivity index (χ4v) is 1.81. The summed E-state index contributed by atoms with van der Waals surface area (Å²) in [5.41, 5.74) is 0.882. The summed E-state index contributed by atoms with van der Waals surface area (Å²) in [6.07, 6.45) is 0. The molecule has 0 aromatic carbocycles. The molecule has 0 aliphatic rings. The van der Waals surface area contributed by atoms with Gasteiger partial charge < -0.3 is 5.11 Å². The smallest absolute Gasteiger partial charge is 0.197 e. The zero-order chi connectivity index (χ0) is 8.72. The first kappa shape index (κ1) is 7.61. The van der Waals surface area contributed by atoms with Crippen molar-refractivity contribution in [2.45, 2.75) is 6.92 Å². The third-order valence-corrected chi connectivity index (χ3v) is 2.35. The fraction of sp³-hybridized carbons (Fsp3) is 0.125. The Hall–Kier alpha value is -1.03. The molecule has 0 radical (unpaired) electrons. The minimum atomic E-state index is 0.211. The molecule has 0 unspecified atom stereocenters. The second-order valence-corrected chi connectivity index (χ2v) is 3.31. The molecule has 0 aliphatic carbocycles. The van der Waals surface area contributed by atoms with Crippen molar-refractivity contribution < 1.29 is 5.11 Å². The van der Waals surface area contributed by atoms with E-state index in [9.17, 15) is 5.11 Å². The molecule has 3 nitrogen and oxygen atoms in total. The molecule has 2 aromatic heterocycles. The van der Waals surface area contributed by atoms with Crippen LogP contribution in [0.1, 0.15) is 5.82 Å². The zero-order valence-corrected chi connectivity index (χ0v) is 8.04. The van der Waals surface area contributed by atoms with E-state index in [1.54, 1.807) is 16.5 Å². The molecule has 0 bridgehead atoms. The second kappa shape index (κ2) is 2.48. The number of aryl methyl sites for hydroxylation is 1. The number of halogens is 1. The second-order valence-electron chi connectivity index (χ2n) is 2.55. The van der Waals surface area contributed by atoms with Gasteiger partial charge in [-0.3, -0.25) is 4.40 Å². The highest BCUT2D eigenvalue weighted by atomic mass is 79.9. The quantitative estimate of drug-likeness (QED) is 0.748. The van der Waals surface area contributed by atoms with Crippen molar-refractivity contribution in [3.05, 3.63) is 28.6 Å². The molecule has 0 spiro atoms. The molecule has 62 valence electrons. The molecule has 0 saturated carbocycles. The van der Waals surface area contributed by atoms with E-state index in [-0.39, 0.29) is 5.88 Å². The number of aromatic nitrogens is 2. The van der Waals surface area contributed by atoms with Crippen LogP contribution in [0.25, 0.3) is 5.52 Å². The van der Waals surface area contributed by atoms with Gasteiger partial charge in [0.15, 0.2) is 5.88 Å². The van der Waals surface area contributed by atoms with Gasteiger partial charge in [-0.1, -0.05) is 6.07 Å². The molecule has 2 rings (SSSR count). The molecule has 2 heterocycles. The largest absolute Gasteiger partial charge is 0.494 e. The number of imidazole rings is 1. The lowest BCUT2D eigenvalue weighted by Crippen LogP contribution is -1.87. The van der Waals surface area contributed by atoms with Crippen LogP contribution >= 0.6 is 15.9 Å². The highest BCUT2D eigenvalue weighted by Gasteiger charge is 2.06. The maximum absolute atomic E-state index is 9.47. The maximum atomic E-state index is 9.47. The van der Waals surface area contributed by atoms with Crippen LogP contribution in [0.5, 0.6) is 5.88 Å². The lowest BCUT2D eigenvalue weighted by atomic mass is 10.4. The Morgan fingerprint density at radius 1 is 1.50 bits per heavy atom. The van der Waals surface area contributed by atoms with Gasteiger partial charge in [-0.2, -0.15) is 0 Å². The molecule has 0 atom stereocenters. The van der Waals surface area contributed by atoms with E-state index < -0.39 is 0 Å². The van der Waals surface area contributed by atoms with Gasteiger partial charge in [0.25, 0.3) is 0 Å². The average Bonchev–Trinajstić information content (AvgIpc) is 2.29. The van der Waals surface area contributed by atoms with Crippen molar-refractivity contribution in [1.82, 2.24) is 9.38 Å². The van der Waals surface area contributed by atoms with Gasteiger partial charge in [0.05, 0.1) is 5.52 Å². The van der Waals surface area contributed by atoms with Crippen LogP contribution in [0.3, 0.4) is 0 Å². The fourth-order valence-electron chi connectivity index (χ4n) is 1.25. The van der Waals surface area contributed by atoms with Crippen LogP contribution in [0.4, 0.5) is 0 Å². The Bertz CT molecular complexity index is 436. The van der Waals surface area contributed by atoms with E-state index in [1.165, 1.54) is 0 Å². The minimum Gasteiger partial charge on any atom is -0.494 e. The maximum Gasteiger partial charge on any atom is 0.197 e. The summed E-state index contributed by atoms with van der Waals surface area (Å²) in [5.74, 6) is 0.984. The van der Waals surface area contributed by atoms with Crippen LogP contribution in [-0.2, 0) is 0 Å². The van der Waals surface area contributed by atoms with Gasteiger partial charge in [-0.05, 0) is 35.0 Å². The Morgan fingerprint density at radius 2 is 2.25 bits per heavy atom. The molecular weight excluding hydrogens is 220 g/mol. The van der Waals surface area contributed by atoms with E-state index in [0.717, 1.165) is 15.9 Å². The van der Waals surface area contributed by atoms with E-state index in [2.05, 4.69) is 20.9 Å². The molecule has 0 amide bonds. The number of nitrogens with zero attached hydrogens (tertiary/aromatic N) is 2. The van der Waals surface area contributed by atoms with Gasteiger partial charge in [-0.15, -0.1) is 0 Å². The first-order valence-electron chi connectivity index (χ1n) is 3.52. The molecular formula is C8H7BrN2O. The summed E-state index contributed by atoms with van der Waals surface area (Å²) >= 11 is 3.31. The monoisotopic (exact) mass is 226 g/mol. The van der Waals surface area contributed by atoms with E-state index in [1.807, 2.05) is 13.0 Å². The topological polar surface area (TPSA) is 37.5 Å². The summed E-state index contributed by atoms with van der Waals surface area (Å²) < 4.78 is 2.44. The first-order valence-corrected chi connectivity index (χ1v) is 4.32. The van der Waals surface area contributed by atoms with Crippen LogP contribution in [0.2, 0.25) is 0 Å². The predicted molar refractivity (Wildman–Crippen MR) is 49.3 cm³/mol. The summed E-state index contributed by atoms with van der Waals surface area (Å²) in [6.45, 7) is 1.84. The third kappa shape index (κ3) is 0.914. The molecule has 0 aliphatic heterocycles. The van der Waals surface area contributed by atoms with Crippen LogP contribution < -0.4 is 0 Å². The van der Waals surface area contributed by atoms with Crippen LogP contribution in [0.15, 0.2) is 22.8 Å². The van der Waals surface area contributed by atoms with E-state index in [4.69, 9.17) is 0 Å². The molecule has 4 heteroatoms. The van der Waals surface area contributed by atoms with E-state index in [0.29, 0.717) is 0 Å². The summed E-state index contributed by atoms with van der Waals surface area (Å²) in [5, 5.41) is 9.47. The van der Waals surface area contributed by atoms with Gasteiger partial charge >= 0.3 is 0 Å². The van der Waals surface area contributed by atoms with Crippen molar-refractivity contribution in [3.8, 4) is 5.88 Å². The number of aromatic hydroxyl groups is 1. The number of hydrogen-bond acceptors (Lipinski definition) is 2. The molecule has 1 N–H and O–H groups in total. The lowest BCUT2D eigenvalue weighted by Gasteiger charge is -1.98. The lowest BCUT2D eigenvalue weighted by molar-refractivity contribution is 0.444. The SMILES string of the molecule is Cc1nc(Br)c2cccc(O)n12. The summed E-state index contributed by atoms with van der Waals surface area (Å²) in [7, 11) is 0. The zero-order valence-electron chi connectivity index (χ0n) is 6.45. The molecule has 0 saturated heterocycles. The molecule has 2 aromatic rings. The van der Waals surface area contributed by atoms with Crippen molar-refractivity contribution in [1.29, 1.82) is 0 Å². The summed E-state index contributed by atoms with van der Waals surface area (Å²) in [4.78, 5) is 4.17. The highest BCUT2D eigenvalue weighted by Crippen LogP contribution is 2.22. The number of pyridine rings is 1. The Balaban J connectivity index is 2.99. The Labute approximate surface area is 77.8 Å². The van der Waals surface area contributed by atoms with Gasteiger partial charge in [-0.25, -0.2) is 4.98 Å². The predicted octanol–water partition coefficient (Wildman–Crippen LogP) is 2.11. The van der Waals surface area contributed by atoms with Gasteiger partial charge in [0.2, 0.25) is 0 Å². The van der Waals surface area contributed by atoms with E-state index >= 15 is 0 Å². The van der Waals surface area contributed by atoms with Gasteiger partial charge in [0.1, 0.15) is 10.4 Å². The van der Waals surface area contributed by atoms with Crippen molar-refractivity contribution in [3.63, 3.8) is 0 Å². The van der Waals surface area contributed by atoms with Gasteiger partial charge in [0, 0.05) is 0 Å². The number of rotatable bonds is 0. The standard InChI is InChI=1S/C8H7BrN2O/c1-5-10-8(9)6-3-2-4-7(12)11(5)6/h2-4,12H,1H3. The van der Waals surface area contributed by atoms with Crippen molar-refractivity contribution in [2.75, 3.05) is 0 Å². The number of hydrogen-bond donors (Lipinski definition) is 1. The average molecular weight is 227 g/mol. The van der Waals surface area contributed by atoms with Crippen molar-refractivity contribution >= 4 is 21.4 Å². The Kier molecular flexibility index (Phi) is 1.58.